The summed E-state index contributed by atoms with van der Waals surface area (Å²) >= 11 is 1.89. The second kappa shape index (κ2) is 10.9. The molecule has 2 nitrogen and oxygen atoms in total. The van der Waals surface area contributed by atoms with E-state index in [4.69, 9.17) is 4.42 Å². The summed E-state index contributed by atoms with van der Waals surface area (Å²) in [7, 11) is 0. The number of furan rings is 1. The first-order valence-electron chi connectivity index (χ1n) is 17.9. The predicted molar refractivity (Wildman–Crippen MR) is 222 cm³/mol. The van der Waals surface area contributed by atoms with Crippen molar-refractivity contribution in [3.05, 3.63) is 175 Å². The lowest BCUT2D eigenvalue weighted by molar-refractivity contribution is 0.660. The number of nitrogens with zero attached hydrogens (tertiary/aromatic N) is 1. The van der Waals surface area contributed by atoms with Gasteiger partial charge in [0.15, 0.2) is 0 Å². The molecule has 0 amide bonds. The molecule has 10 aromatic rings. The van der Waals surface area contributed by atoms with Crippen LogP contribution in [0.2, 0.25) is 0 Å². The minimum Gasteiger partial charge on any atom is -0.456 e. The van der Waals surface area contributed by atoms with Crippen molar-refractivity contribution in [2.75, 3.05) is 4.90 Å². The minimum absolute atomic E-state index is 0.105. The third-order valence-corrected chi connectivity index (χ3v) is 12.5. The van der Waals surface area contributed by atoms with Gasteiger partial charge in [-0.2, -0.15) is 0 Å². The summed E-state index contributed by atoms with van der Waals surface area (Å²) in [4.78, 5) is 2.38. The van der Waals surface area contributed by atoms with Gasteiger partial charge in [0.05, 0.1) is 0 Å². The maximum absolute atomic E-state index is 6.42. The van der Waals surface area contributed by atoms with E-state index in [9.17, 15) is 0 Å². The molecule has 2 heterocycles. The van der Waals surface area contributed by atoms with Gasteiger partial charge in [-0.25, -0.2) is 0 Å². The van der Waals surface area contributed by atoms with Gasteiger partial charge in [-0.1, -0.05) is 117 Å². The molecule has 0 N–H and O–H groups in total. The highest BCUT2D eigenvalue weighted by Crippen LogP contribution is 2.51. The van der Waals surface area contributed by atoms with Gasteiger partial charge in [0, 0.05) is 65.1 Å². The van der Waals surface area contributed by atoms with Crippen LogP contribution in [-0.2, 0) is 5.41 Å². The molecule has 246 valence electrons. The van der Waals surface area contributed by atoms with Gasteiger partial charge in [-0.05, 0) is 93.2 Å². The minimum atomic E-state index is -0.105. The summed E-state index contributed by atoms with van der Waals surface area (Å²) < 4.78 is 9.07. The molecular formula is C49H33NOS. The number of thiophene rings is 1. The van der Waals surface area contributed by atoms with Crippen LogP contribution in [0.5, 0.6) is 0 Å². The zero-order valence-electron chi connectivity index (χ0n) is 28.9. The van der Waals surface area contributed by atoms with Crippen molar-refractivity contribution >= 4 is 81.3 Å². The average molecular weight is 684 g/mol. The van der Waals surface area contributed by atoms with Crippen LogP contribution in [0.15, 0.2) is 168 Å². The van der Waals surface area contributed by atoms with E-state index in [1.165, 1.54) is 64.3 Å². The summed E-state index contributed by atoms with van der Waals surface area (Å²) in [5, 5.41) is 7.51. The molecule has 0 unspecified atom stereocenters. The molecule has 0 bridgehead atoms. The van der Waals surface area contributed by atoms with E-state index in [0.717, 1.165) is 39.0 Å². The Morgan fingerprint density at radius 1 is 0.481 bits per heavy atom. The largest absolute Gasteiger partial charge is 0.456 e. The van der Waals surface area contributed by atoms with Crippen molar-refractivity contribution in [3.8, 4) is 22.3 Å². The first kappa shape index (κ1) is 29.6. The SMILES string of the molecule is CC1(C)c2ccccc2-c2ccc(N(c3ccc(-c4cc5ccccc5c5c4sc4ccccc45)cc3)c3ccc4c(c3)oc3ccccc34)cc21. The lowest BCUT2D eigenvalue weighted by Gasteiger charge is -2.28. The zero-order valence-corrected chi connectivity index (χ0v) is 29.7. The topological polar surface area (TPSA) is 16.4 Å². The van der Waals surface area contributed by atoms with Gasteiger partial charge in [0.1, 0.15) is 11.2 Å². The fourth-order valence-electron chi connectivity index (χ4n) is 8.71. The summed E-state index contributed by atoms with van der Waals surface area (Å²) in [5.41, 5.74) is 12.8. The molecule has 11 rings (SSSR count). The fraction of sp³-hybridized carbons (Fsp3) is 0.0612. The Kier molecular flexibility index (Phi) is 6.21. The highest BCUT2D eigenvalue weighted by atomic mass is 32.1. The quantitative estimate of drug-likeness (QED) is 0.184. The number of para-hydroxylation sites is 1. The van der Waals surface area contributed by atoms with Gasteiger partial charge in [0.2, 0.25) is 0 Å². The molecule has 1 aliphatic rings. The van der Waals surface area contributed by atoms with Crippen LogP contribution in [-0.4, -0.2) is 0 Å². The molecule has 0 atom stereocenters. The molecule has 0 aliphatic heterocycles. The molecule has 0 saturated heterocycles. The van der Waals surface area contributed by atoms with E-state index in [1.54, 1.807) is 0 Å². The van der Waals surface area contributed by atoms with E-state index < -0.39 is 0 Å². The number of anilines is 3. The first-order chi connectivity index (χ1) is 25.5. The number of fused-ring (bicyclic) bond motifs is 11. The molecule has 0 spiro atoms. The standard InChI is InChI=1S/C49H33NOS/c1-49(2)42-16-8-5-13-36(42)37-25-23-33(28-43(37)49)50(34-24-26-39-38-14-6-9-17-44(38)51-45(39)29-34)32-21-19-30(20-22-32)41-27-31-11-3-4-12-35(31)47-40-15-7-10-18-46(40)52-48(41)47/h3-29H,1-2H3. The van der Waals surface area contributed by atoms with Gasteiger partial charge >= 0.3 is 0 Å². The Morgan fingerprint density at radius 3 is 2.02 bits per heavy atom. The van der Waals surface area contributed by atoms with Crippen molar-refractivity contribution in [3.63, 3.8) is 0 Å². The molecule has 1 aliphatic carbocycles. The third-order valence-electron chi connectivity index (χ3n) is 11.3. The fourth-order valence-corrected chi connectivity index (χ4v) is 9.97. The van der Waals surface area contributed by atoms with Crippen LogP contribution >= 0.6 is 11.3 Å². The van der Waals surface area contributed by atoms with E-state index in [-0.39, 0.29) is 5.41 Å². The van der Waals surface area contributed by atoms with Crippen LogP contribution < -0.4 is 4.90 Å². The van der Waals surface area contributed by atoms with Crippen LogP contribution in [0, 0.1) is 0 Å². The van der Waals surface area contributed by atoms with E-state index >= 15 is 0 Å². The Bertz CT molecular complexity index is 3050. The van der Waals surface area contributed by atoms with E-state index in [1.807, 2.05) is 23.5 Å². The summed E-state index contributed by atoms with van der Waals surface area (Å²) in [6.45, 7) is 4.69. The molecule has 3 heteroatoms. The molecule has 0 fully saturated rings. The number of hydrogen-bond acceptors (Lipinski definition) is 3. The first-order valence-corrected chi connectivity index (χ1v) is 18.7. The number of benzene rings is 8. The lowest BCUT2D eigenvalue weighted by atomic mass is 9.82. The molecule has 0 radical (unpaired) electrons. The highest BCUT2D eigenvalue weighted by Gasteiger charge is 2.35. The van der Waals surface area contributed by atoms with Gasteiger partial charge in [0.25, 0.3) is 0 Å². The maximum atomic E-state index is 6.42. The second-order valence-electron chi connectivity index (χ2n) is 14.5. The van der Waals surface area contributed by atoms with E-state index in [2.05, 4.69) is 170 Å². The molecule has 2 aromatic heterocycles. The third kappa shape index (κ3) is 4.23. The zero-order chi connectivity index (χ0) is 34.6. The second-order valence-corrected chi connectivity index (χ2v) is 15.6. The normalized spacial score (nSPS) is 13.3. The smallest absolute Gasteiger partial charge is 0.137 e. The maximum Gasteiger partial charge on any atom is 0.137 e. The predicted octanol–water partition coefficient (Wildman–Crippen LogP) is 14.6. The van der Waals surface area contributed by atoms with Crippen LogP contribution in [0.3, 0.4) is 0 Å². The van der Waals surface area contributed by atoms with Crippen molar-refractivity contribution in [1.82, 2.24) is 0 Å². The summed E-state index contributed by atoms with van der Waals surface area (Å²) in [6, 6.07) is 59.9. The Labute approximate surface area is 305 Å². The van der Waals surface area contributed by atoms with Gasteiger partial charge in [-0.15, -0.1) is 11.3 Å². The van der Waals surface area contributed by atoms with Crippen LogP contribution in [0.1, 0.15) is 25.0 Å². The Hall–Kier alpha value is -6.16. The lowest BCUT2D eigenvalue weighted by Crippen LogP contribution is -2.16. The van der Waals surface area contributed by atoms with Gasteiger partial charge in [-0.3, -0.25) is 0 Å². The van der Waals surface area contributed by atoms with Crippen molar-refractivity contribution < 1.29 is 4.42 Å². The van der Waals surface area contributed by atoms with Crippen LogP contribution in [0.4, 0.5) is 17.1 Å². The van der Waals surface area contributed by atoms with Gasteiger partial charge < -0.3 is 9.32 Å². The summed E-state index contributed by atoms with van der Waals surface area (Å²) in [5.74, 6) is 0. The Morgan fingerprint density at radius 2 is 1.13 bits per heavy atom. The monoisotopic (exact) mass is 683 g/mol. The molecule has 8 aromatic carbocycles. The highest BCUT2D eigenvalue weighted by molar-refractivity contribution is 7.26. The van der Waals surface area contributed by atoms with Crippen molar-refractivity contribution in [1.29, 1.82) is 0 Å². The number of hydrogen-bond donors (Lipinski definition) is 0. The number of rotatable bonds is 4. The average Bonchev–Trinajstić information content (AvgIpc) is 3.83. The molecule has 52 heavy (non-hydrogen) atoms. The van der Waals surface area contributed by atoms with Crippen molar-refractivity contribution in [2.24, 2.45) is 0 Å². The molecule has 0 saturated carbocycles. The van der Waals surface area contributed by atoms with E-state index in [0.29, 0.717) is 0 Å². The Balaban J connectivity index is 1.09. The summed E-state index contributed by atoms with van der Waals surface area (Å²) in [6.07, 6.45) is 0. The molecular weight excluding hydrogens is 651 g/mol. The van der Waals surface area contributed by atoms with Crippen molar-refractivity contribution in [2.45, 2.75) is 19.3 Å². The van der Waals surface area contributed by atoms with Crippen LogP contribution in [0.25, 0.3) is 75.1 Å².